The largest absolute Gasteiger partial charge is 0.356 e. The molecule has 0 amide bonds. The molecule has 23 heavy (non-hydrogen) atoms. The molecule has 3 heterocycles. The first-order valence-corrected chi connectivity index (χ1v) is 8.27. The van der Waals surface area contributed by atoms with Crippen LogP contribution in [0, 0.1) is 24.7 Å². The minimum atomic E-state index is -0.00392. The van der Waals surface area contributed by atoms with Crippen LogP contribution < -0.4 is 4.90 Å². The quantitative estimate of drug-likeness (QED) is 0.814. The normalized spacial score (nSPS) is 25.5. The van der Waals surface area contributed by atoms with Crippen LogP contribution >= 0.6 is 0 Å². The molecule has 2 aromatic heterocycles. The number of anilines is 1. The van der Waals surface area contributed by atoms with Crippen LogP contribution in [0.4, 0.5) is 5.82 Å². The highest BCUT2D eigenvalue weighted by Crippen LogP contribution is 2.51. The first-order valence-electron chi connectivity index (χ1n) is 8.27. The molecular formula is C18H22N4O. The van der Waals surface area contributed by atoms with Crippen molar-refractivity contribution in [2.75, 3.05) is 18.0 Å². The number of rotatable bonds is 4. The number of carbonyl (C=O) groups excluding carboxylic acids is 1. The monoisotopic (exact) mass is 310 g/mol. The van der Waals surface area contributed by atoms with Gasteiger partial charge < -0.3 is 9.47 Å². The molecule has 1 aliphatic carbocycles. The van der Waals surface area contributed by atoms with E-state index in [9.17, 15) is 4.79 Å². The smallest absolute Gasteiger partial charge is 0.179 e. The van der Waals surface area contributed by atoms with Gasteiger partial charge in [0.15, 0.2) is 5.78 Å². The van der Waals surface area contributed by atoms with Crippen LogP contribution in [-0.2, 0) is 6.54 Å². The van der Waals surface area contributed by atoms with Crippen molar-refractivity contribution in [1.82, 2.24) is 14.5 Å². The van der Waals surface area contributed by atoms with Crippen molar-refractivity contribution in [3.8, 4) is 0 Å². The van der Waals surface area contributed by atoms with Gasteiger partial charge in [-0.2, -0.15) is 0 Å². The SMILES string of the molecule is CC(=O)c1cn(Cc2ccc(N3C[C@@H]4C(C)[C@@H]4C3)nc2C)cn1. The Kier molecular flexibility index (Phi) is 3.25. The fourth-order valence-corrected chi connectivity index (χ4v) is 3.76. The average Bonchev–Trinajstić information content (AvgIpc) is 2.94. The van der Waals surface area contributed by atoms with Gasteiger partial charge in [0.25, 0.3) is 0 Å². The summed E-state index contributed by atoms with van der Waals surface area (Å²) in [7, 11) is 0. The van der Waals surface area contributed by atoms with Crippen LogP contribution in [0.1, 0.15) is 35.6 Å². The van der Waals surface area contributed by atoms with E-state index in [0.29, 0.717) is 12.2 Å². The molecular weight excluding hydrogens is 288 g/mol. The zero-order valence-corrected chi connectivity index (χ0v) is 13.9. The number of fused-ring (bicyclic) bond motifs is 1. The van der Waals surface area contributed by atoms with E-state index in [-0.39, 0.29) is 5.78 Å². The molecule has 3 atom stereocenters. The van der Waals surface area contributed by atoms with E-state index in [1.54, 1.807) is 12.5 Å². The molecule has 120 valence electrons. The lowest BCUT2D eigenvalue weighted by Crippen LogP contribution is -2.24. The van der Waals surface area contributed by atoms with E-state index in [4.69, 9.17) is 4.98 Å². The molecule has 5 heteroatoms. The third kappa shape index (κ3) is 2.54. The number of piperidine rings is 1. The molecule has 0 aromatic carbocycles. The fraction of sp³-hybridized carbons (Fsp3) is 0.500. The molecule has 1 unspecified atom stereocenters. The Morgan fingerprint density at radius 2 is 2.04 bits per heavy atom. The van der Waals surface area contributed by atoms with Crippen molar-refractivity contribution in [3.05, 3.63) is 41.6 Å². The second kappa shape index (κ2) is 5.18. The molecule has 0 bridgehead atoms. The molecule has 2 fully saturated rings. The maximum Gasteiger partial charge on any atom is 0.179 e. The van der Waals surface area contributed by atoms with Crippen LogP contribution in [0.5, 0.6) is 0 Å². The Hall–Kier alpha value is -2.17. The number of nitrogens with zero attached hydrogens (tertiary/aromatic N) is 4. The molecule has 4 rings (SSSR count). The van der Waals surface area contributed by atoms with Crippen LogP contribution in [-0.4, -0.2) is 33.4 Å². The predicted octanol–water partition coefficient (Wildman–Crippen LogP) is 2.54. The number of aromatic nitrogens is 3. The summed E-state index contributed by atoms with van der Waals surface area (Å²) < 4.78 is 1.94. The summed E-state index contributed by atoms with van der Waals surface area (Å²) in [5, 5.41) is 0. The lowest BCUT2D eigenvalue weighted by atomic mass is 10.2. The Morgan fingerprint density at radius 1 is 1.30 bits per heavy atom. The average molecular weight is 310 g/mol. The molecule has 5 nitrogen and oxygen atoms in total. The zero-order chi connectivity index (χ0) is 16.1. The van der Waals surface area contributed by atoms with Crippen LogP contribution in [0.15, 0.2) is 24.7 Å². The second-order valence-electron chi connectivity index (χ2n) is 6.99. The molecule has 2 aliphatic rings. The van der Waals surface area contributed by atoms with Crippen LogP contribution in [0.3, 0.4) is 0 Å². The lowest BCUT2D eigenvalue weighted by molar-refractivity contribution is 0.101. The highest BCUT2D eigenvalue weighted by atomic mass is 16.1. The number of imidazole rings is 1. The summed E-state index contributed by atoms with van der Waals surface area (Å²) in [4.78, 5) is 22.7. The zero-order valence-electron chi connectivity index (χ0n) is 13.9. The number of hydrogen-bond acceptors (Lipinski definition) is 4. The third-order valence-electron chi connectivity index (χ3n) is 5.47. The minimum Gasteiger partial charge on any atom is -0.356 e. The second-order valence-corrected chi connectivity index (χ2v) is 6.99. The molecule has 0 spiro atoms. The van der Waals surface area contributed by atoms with Gasteiger partial charge in [-0.3, -0.25) is 4.79 Å². The van der Waals surface area contributed by atoms with Gasteiger partial charge in [-0.25, -0.2) is 9.97 Å². The molecule has 0 N–H and O–H groups in total. The summed E-state index contributed by atoms with van der Waals surface area (Å²) in [6.07, 6.45) is 3.50. The topological polar surface area (TPSA) is 51.0 Å². The highest BCUT2D eigenvalue weighted by molar-refractivity contribution is 5.91. The van der Waals surface area contributed by atoms with E-state index in [1.165, 1.54) is 12.5 Å². The van der Waals surface area contributed by atoms with Crippen molar-refractivity contribution >= 4 is 11.6 Å². The van der Waals surface area contributed by atoms with Crippen LogP contribution in [0.2, 0.25) is 0 Å². The van der Waals surface area contributed by atoms with E-state index < -0.39 is 0 Å². The number of pyridine rings is 1. The third-order valence-corrected chi connectivity index (χ3v) is 5.47. The number of aryl methyl sites for hydroxylation is 1. The first kappa shape index (κ1) is 14.4. The van der Waals surface area contributed by atoms with E-state index in [1.807, 2.05) is 4.57 Å². The van der Waals surface area contributed by atoms with Crippen molar-refractivity contribution in [3.63, 3.8) is 0 Å². The fourth-order valence-electron chi connectivity index (χ4n) is 3.76. The van der Waals surface area contributed by atoms with E-state index in [2.05, 4.69) is 35.9 Å². The summed E-state index contributed by atoms with van der Waals surface area (Å²) in [5.74, 6) is 3.76. The van der Waals surface area contributed by atoms with Gasteiger partial charge in [-0.15, -0.1) is 0 Å². The Labute approximate surface area is 136 Å². The summed E-state index contributed by atoms with van der Waals surface area (Å²) in [6.45, 7) is 8.95. The van der Waals surface area contributed by atoms with Crippen molar-refractivity contribution < 1.29 is 4.79 Å². The van der Waals surface area contributed by atoms with Gasteiger partial charge in [-0.1, -0.05) is 13.0 Å². The highest BCUT2D eigenvalue weighted by Gasteiger charge is 2.52. The number of hydrogen-bond donors (Lipinski definition) is 0. The van der Waals surface area contributed by atoms with E-state index in [0.717, 1.165) is 42.4 Å². The van der Waals surface area contributed by atoms with Crippen molar-refractivity contribution in [1.29, 1.82) is 0 Å². The molecule has 1 aliphatic heterocycles. The van der Waals surface area contributed by atoms with Crippen LogP contribution in [0.25, 0.3) is 0 Å². The maximum atomic E-state index is 11.3. The van der Waals surface area contributed by atoms with Gasteiger partial charge >= 0.3 is 0 Å². The number of Topliss-reactive ketones (excluding diaryl/α,β-unsaturated/α-hetero) is 1. The summed E-state index contributed by atoms with van der Waals surface area (Å²) >= 11 is 0. The van der Waals surface area contributed by atoms with Gasteiger partial charge in [0, 0.05) is 31.9 Å². The first-order chi connectivity index (χ1) is 11.0. The maximum absolute atomic E-state index is 11.3. The minimum absolute atomic E-state index is 0.00392. The van der Waals surface area contributed by atoms with Gasteiger partial charge in [0.2, 0.25) is 0 Å². The number of ketones is 1. The Bertz CT molecular complexity index is 754. The summed E-state index contributed by atoms with van der Waals surface area (Å²) in [5.41, 5.74) is 2.73. The summed E-state index contributed by atoms with van der Waals surface area (Å²) in [6, 6.07) is 4.28. The van der Waals surface area contributed by atoms with Gasteiger partial charge in [-0.05, 0) is 36.3 Å². The molecule has 0 radical (unpaired) electrons. The lowest BCUT2D eigenvalue weighted by Gasteiger charge is -2.21. The van der Waals surface area contributed by atoms with E-state index >= 15 is 0 Å². The molecule has 2 aromatic rings. The van der Waals surface area contributed by atoms with Gasteiger partial charge in [0.1, 0.15) is 11.5 Å². The van der Waals surface area contributed by atoms with Crippen molar-refractivity contribution in [2.24, 2.45) is 17.8 Å². The molecule has 1 saturated heterocycles. The standard InChI is InChI=1S/C18H22N4O/c1-11-15-7-22(8-16(11)15)18-5-4-14(12(2)20-18)6-21-9-17(13(3)23)19-10-21/h4-5,9-11,15-16H,6-8H2,1-3H3/t11?,15-,16+. The predicted molar refractivity (Wildman–Crippen MR) is 88.7 cm³/mol. The van der Waals surface area contributed by atoms with Gasteiger partial charge in [0.05, 0.1) is 12.9 Å². The number of carbonyl (C=O) groups is 1. The molecule has 1 saturated carbocycles. The Balaban J connectivity index is 1.48. The Morgan fingerprint density at radius 3 is 2.65 bits per heavy atom. The van der Waals surface area contributed by atoms with Crippen molar-refractivity contribution in [2.45, 2.75) is 27.3 Å².